The molecular formula is C16H20ClFN2O3S2. The summed E-state index contributed by atoms with van der Waals surface area (Å²) in [5, 5.41) is 2.99. The van der Waals surface area contributed by atoms with Gasteiger partial charge in [-0.25, -0.2) is 17.1 Å². The van der Waals surface area contributed by atoms with E-state index in [9.17, 15) is 17.6 Å². The van der Waals surface area contributed by atoms with Crippen molar-refractivity contribution in [3.05, 3.63) is 34.6 Å². The third-order valence-electron chi connectivity index (χ3n) is 4.52. The summed E-state index contributed by atoms with van der Waals surface area (Å²) in [4.78, 5) is 12.2. The first-order valence-electron chi connectivity index (χ1n) is 8.17. The number of hydrogen-bond donors (Lipinski definition) is 1. The molecule has 1 saturated carbocycles. The maximum atomic E-state index is 13.9. The van der Waals surface area contributed by atoms with Crippen LogP contribution in [0.1, 0.15) is 17.9 Å². The first-order chi connectivity index (χ1) is 11.9. The smallest absolute Gasteiger partial charge is 0.223 e. The van der Waals surface area contributed by atoms with Crippen LogP contribution in [0.4, 0.5) is 4.39 Å². The molecule has 2 aliphatic rings. The zero-order chi connectivity index (χ0) is 18.0. The molecule has 5 nitrogen and oxygen atoms in total. The Hall–Kier alpha value is -0.830. The van der Waals surface area contributed by atoms with Crippen molar-refractivity contribution in [2.45, 2.75) is 12.3 Å². The Kier molecular flexibility index (Phi) is 5.92. The fraction of sp³-hybridized carbons (Fsp3) is 0.562. The van der Waals surface area contributed by atoms with Gasteiger partial charge in [-0.3, -0.25) is 4.79 Å². The maximum Gasteiger partial charge on any atom is 0.223 e. The fourth-order valence-corrected chi connectivity index (χ4v) is 5.85. The molecule has 138 valence electrons. The quantitative estimate of drug-likeness (QED) is 0.785. The first kappa shape index (κ1) is 18.9. The Bertz CT molecular complexity index is 733. The van der Waals surface area contributed by atoms with Crippen LogP contribution in [0.15, 0.2) is 18.2 Å². The monoisotopic (exact) mass is 406 g/mol. The Labute approximate surface area is 156 Å². The molecule has 1 aliphatic carbocycles. The van der Waals surface area contributed by atoms with Gasteiger partial charge < -0.3 is 5.32 Å². The molecule has 1 saturated heterocycles. The molecule has 0 unspecified atom stereocenters. The van der Waals surface area contributed by atoms with Gasteiger partial charge in [0.05, 0.1) is 5.75 Å². The van der Waals surface area contributed by atoms with Crippen molar-refractivity contribution in [1.82, 2.24) is 9.62 Å². The van der Waals surface area contributed by atoms with E-state index in [1.807, 2.05) is 0 Å². The average Bonchev–Trinajstić information content (AvgIpc) is 3.36. The topological polar surface area (TPSA) is 66.5 Å². The number of carbonyl (C=O) groups excluding carboxylic acids is 1. The van der Waals surface area contributed by atoms with E-state index in [1.165, 1.54) is 16.4 Å². The second kappa shape index (κ2) is 7.82. The molecule has 1 amide bonds. The van der Waals surface area contributed by atoms with Crippen molar-refractivity contribution in [3.63, 3.8) is 0 Å². The minimum atomic E-state index is -3.34. The average molecular weight is 407 g/mol. The summed E-state index contributed by atoms with van der Waals surface area (Å²) >= 11 is 7.77. The highest BCUT2D eigenvalue weighted by atomic mass is 35.5. The molecule has 2 fully saturated rings. The Morgan fingerprint density at radius 3 is 2.76 bits per heavy atom. The molecule has 1 aromatic carbocycles. The molecule has 1 heterocycles. The molecule has 1 N–H and O–H groups in total. The van der Waals surface area contributed by atoms with E-state index >= 15 is 0 Å². The zero-order valence-corrected chi connectivity index (χ0v) is 16.0. The highest BCUT2D eigenvalue weighted by molar-refractivity contribution is 7.99. The summed E-state index contributed by atoms with van der Waals surface area (Å²) in [6.07, 6.45) is 0.530. The van der Waals surface area contributed by atoms with Crippen molar-refractivity contribution in [3.8, 4) is 0 Å². The van der Waals surface area contributed by atoms with Gasteiger partial charge in [0.15, 0.2) is 0 Å². The SMILES string of the molecule is O=C(NCCS(=O)(=O)N1CCSCC1)[C@@H]1C[C@@H]1c1c(F)cccc1Cl. The predicted molar refractivity (Wildman–Crippen MR) is 98.0 cm³/mol. The molecule has 1 aromatic rings. The Morgan fingerprint density at radius 2 is 2.08 bits per heavy atom. The van der Waals surface area contributed by atoms with E-state index in [2.05, 4.69) is 5.32 Å². The maximum absolute atomic E-state index is 13.9. The van der Waals surface area contributed by atoms with Crippen LogP contribution in [0.2, 0.25) is 5.02 Å². The van der Waals surface area contributed by atoms with Gasteiger partial charge >= 0.3 is 0 Å². The van der Waals surface area contributed by atoms with E-state index in [0.29, 0.717) is 30.1 Å². The van der Waals surface area contributed by atoms with Gasteiger partial charge in [0.2, 0.25) is 15.9 Å². The minimum absolute atomic E-state index is 0.0685. The van der Waals surface area contributed by atoms with Crippen LogP contribution >= 0.6 is 23.4 Å². The minimum Gasteiger partial charge on any atom is -0.355 e. The van der Waals surface area contributed by atoms with E-state index < -0.39 is 15.8 Å². The summed E-state index contributed by atoms with van der Waals surface area (Å²) in [5.74, 6) is 0.277. The molecule has 0 bridgehead atoms. The third kappa shape index (κ3) is 4.48. The van der Waals surface area contributed by atoms with E-state index in [1.54, 1.807) is 17.8 Å². The lowest BCUT2D eigenvalue weighted by Gasteiger charge is -2.25. The molecule has 0 aromatic heterocycles. The van der Waals surface area contributed by atoms with E-state index in [4.69, 9.17) is 11.6 Å². The van der Waals surface area contributed by atoms with Gasteiger partial charge in [0.1, 0.15) is 5.82 Å². The Morgan fingerprint density at radius 1 is 1.36 bits per heavy atom. The molecule has 2 atom stereocenters. The number of thioether (sulfide) groups is 1. The van der Waals surface area contributed by atoms with Crippen LogP contribution in [0, 0.1) is 11.7 Å². The van der Waals surface area contributed by atoms with Crippen LogP contribution < -0.4 is 5.32 Å². The van der Waals surface area contributed by atoms with Crippen LogP contribution in [-0.4, -0.2) is 55.5 Å². The summed E-state index contributed by atoms with van der Waals surface area (Å²) in [5.41, 5.74) is 0.378. The normalized spacial score (nSPS) is 24.1. The molecular weight excluding hydrogens is 387 g/mol. The number of halogens is 2. The fourth-order valence-electron chi connectivity index (χ4n) is 3.06. The van der Waals surface area contributed by atoms with Crippen LogP contribution in [0.25, 0.3) is 0 Å². The van der Waals surface area contributed by atoms with Crippen LogP contribution in [-0.2, 0) is 14.8 Å². The molecule has 9 heteroatoms. The summed E-state index contributed by atoms with van der Waals surface area (Å²) in [6.45, 7) is 1.12. The number of carbonyl (C=O) groups is 1. The number of benzene rings is 1. The standard InChI is InChI=1S/C16H20ClFN2O3S2/c17-13-2-1-3-14(18)15(13)11-10-12(11)16(21)19-4-9-25(22,23)20-5-7-24-8-6-20/h1-3,11-12H,4-10H2,(H,19,21)/t11-,12+/m0/s1. The first-order valence-corrected chi connectivity index (χ1v) is 11.3. The number of sulfonamides is 1. The number of amides is 1. The summed E-state index contributed by atoms with van der Waals surface area (Å²) in [7, 11) is -3.34. The number of rotatable bonds is 6. The van der Waals surface area contributed by atoms with E-state index in [-0.39, 0.29) is 30.0 Å². The van der Waals surface area contributed by atoms with Gasteiger partial charge in [-0.15, -0.1) is 0 Å². The highest BCUT2D eigenvalue weighted by Gasteiger charge is 2.46. The van der Waals surface area contributed by atoms with Crippen molar-refractivity contribution >= 4 is 39.3 Å². The molecule has 0 radical (unpaired) electrons. The lowest BCUT2D eigenvalue weighted by molar-refractivity contribution is -0.122. The highest BCUT2D eigenvalue weighted by Crippen LogP contribution is 2.50. The second-order valence-electron chi connectivity index (χ2n) is 6.20. The summed E-state index contributed by atoms with van der Waals surface area (Å²) in [6, 6.07) is 4.47. The van der Waals surface area contributed by atoms with Gasteiger partial charge in [-0.1, -0.05) is 17.7 Å². The lowest BCUT2D eigenvalue weighted by atomic mass is 10.1. The Balaban J connectivity index is 1.49. The van der Waals surface area contributed by atoms with Crippen molar-refractivity contribution in [2.24, 2.45) is 5.92 Å². The van der Waals surface area contributed by atoms with Crippen LogP contribution in [0.3, 0.4) is 0 Å². The number of hydrogen-bond acceptors (Lipinski definition) is 4. The second-order valence-corrected chi connectivity index (χ2v) is 9.92. The molecule has 25 heavy (non-hydrogen) atoms. The number of nitrogens with zero attached hydrogens (tertiary/aromatic N) is 1. The largest absolute Gasteiger partial charge is 0.355 e. The van der Waals surface area contributed by atoms with Gasteiger partial charge in [0, 0.05) is 53.6 Å². The summed E-state index contributed by atoms with van der Waals surface area (Å²) < 4.78 is 39.8. The lowest BCUT2D eigenvalue weighted by Crippen LogP contribution is -2.42. The van der Waals surface area contributed by atoms with Gasteiger partial charge in [-0.2, -0.15) is 11.8 Å². The molecule has 3 rings (SSSR count). The van der Waals surface area contributed by atoms with Crippen molar-refractivity contribution in [2.75, 3.05) is 36.9 Å². The zero-order valence-electron chi connectivity index (χ0n) is 13.6. The number of nitrogens with one attached hydrogen (secondary N) is 1. The van der Waals surface area contributed by atoms with Crippen LogP contribution in [0.5, 0.6) is 0 Å². The van der Waals surface area contributed by atoms with E-state index in [0.717, 1.165) is 11.5 Å². The van der Waals surface area contributed by atoms with Gasteiger partial charge in [-0.05, 0) is 18.6 Å². The van der Waals surface area contributed by atoms with Gasteiger partial charge in [0.25, 0.3) is 0 Å². The molecule has 0 spiro atoms. The third-order valence-corrected chi connectivity index (χ3v) is 7.66. The van der Waals surface area contributed by atoms with Crippen molar-refractivity contribution < 1.29 is 17.6 Å². The molecule has 1 aliphatic heterocycles. The predicted octanol–water partition coefficient (Wildman–Crippen LogP) is 2.08. The van der Waals surface area contributed by atoms with Crippen molar-refractivity contribution in [1.29, 1.82) is 0 Å².